The molecule has 2 saturated heterocycles. The van der Waals surface area contributed by atoms with Gasteiger partial charge in [-0.2, -0.15) is 0 Å². The van der Waals surface area contributed by atoms with Gasteiger partial charge in [0.2, 0.25) is 0 Å². The Kier molecular flexibility index (Phi) is 6.14. The summed E-state index contributed by atoms with van der Waals surface area (Å²) in [5, 5.41) is 0. The van der Waals surface area contributed by atoms with Crippen LogP contribution in [0.25, 0.3) is 0 Å². The van der Waals surface area contributed by atoms with E-state index in [2.05, 4.69) is 30.6 Å². The Morgan fingerprint density at radius 2 is 1.57 bits per heavy atom. The Morgan fingerprint density at radius 3 is 2.05 bits per heavy atom. The topological polar surface area (TPSA) is 6.48 Å². The molecule has 1 aliphatic carbocycles. The second-order valence-corrected chi connectivity index (χ2v) is 7.60. The fraction of sp³-hybridized carbons (Fsp3) is 1.00. The van der Waals surface area contributed by atoms with Crippen molar-refractivity contribution in [3.63, 3.8) is 0 Å². The number of hydrogen-bond acceptors (Lipinski definition) is 2. The van der Waals surface area contributed by atoms with Gasteiger partial charge in [-0.15, -0.1) is 0 Å². The highest BCUT2D eigenvalue weighted by Crippen LogP contribution is 2.57. The minimum atomic E-state index is 0.741. The molecule has 2 heteroatoms. The van der Waals surface area contributed by atoms with Crippen LogP contribution < -0.4 is 0 Å². The van der Waals surface area contributed by atoms with Crippen LogP contribution in [-0.4, -0.2) is 48.1 Å². The van der Waals surface area contributed by atoms with Crippen molar-refractivity contribution in [2.24, 2.45) is 11.3 Å². The number of nitrogens with zero attached hydrogens (tertiary/aromatic N) is 2. The van der Waals surface area contributed by atoms with Gasteiger partial charge in [0.05, 0.1) is 0 Å². The van der Waals surface area contributed by atoms with Gasteiger partial charge >= 0.3 is 0 Å². The predicted molar refractivity (Wildman–Crippen MR) is 92.7 cm³/mol. The fourth-order valence-corrected chi connectivity index (χ4v) is 4.54. The van der Waals surface area contributed by atoms with Crippen molar-refractivity contribution in [3.8, 4) is 0 Å². The highest BCUT2D eigenvalue weighted by Gasteiger charge is 2.57. The molecule has 0 radical (unpaired) electrons. The first-order valence-corrected chi connectivity index (χ1v) is 9.63. The molecule has 1 saturated carbocycles. The van der Waals surface area contributed by atoms with Crippen LogP contribution in [0.4, 0.5) is 0 Å². The summed E-state index contributed by atoms with van der Waals surface area (Å²) in [7, 11) is 0. The summed E-state index contributed by atoms with van der Waals surface area (Å²) in [5.74, 6) is 1.02. The van der Waals surface area contributed by atoms with Gasteiger partial charge in [-0.1, -0.05) is 27.2 Å². The van der Waals surface area contributed by atoms with Crippen LogP contribution in [0.3, 0.4) is 0 Å². The highest BCUT2D eigenvalue weighted by atomic mass is 15.2. The van der Waals surface area contributed by atoms with E-state index in [9.17, 15) is 0 Å². The summed E-state index contributed by atoms with van der Waals surface area (Å²) in [6.07, 6.45) is 8.75. The first-order valence-electron chi connectivity index (χ1n) is 9.63. The molecule has 0 bridgehead atoms. The molecule has 1 unspecified atom stereocenters. The quantitative estimate of drug-likeness (QED) is 0.761. The molecule has 0 aromatic carbocycles. The summed E-state index contributed by atoms with van der Waals surface area (Å²) < 4.78 is 0. The number of likely N-dealkylation sites (tertiary alicyclic amines) is 2. The lowest BCUT2D eigenvalue weighted by molar-refractivity contribution is 0.101. The monoisotopic (exact) mass is 294 g/mol. The largest absolute Gasteiger partial charge is 0.301 e. The zero-order valence-electron chi connectivity index (χ0n) is 15.2. The van der Waals surface area contributed by atoms with E-state index in [1.807, 2.05) is 13.8 Å². The van der Waals surface area contributed by atoms with Crippen molar-refractivity contribution in [1.29, 1.82) is 0 Å². The number of hydrogen-bond donors (Lipinski definition) is 0. The lowest BCUT2D eigenvalue weighted by atomic mass is 9.90. The van der Waals surface area contributed by atoms with Crippen molar-refractivity contribution in [2.75, 3.05) is 26.2 Å². The minimum Gasteiger partial charge on any atom is -0.301 e. The predicted octanol–water partition coefficient (Wildman–Crippen LogP) is 4.40. The third kappa shape index (κ3) is 3.82. The summed E-state index contributed by atoms with van der Waals surface area (Å²) >= 11 is 0. The van der Waals surface area contributed by atoms with Gasteiger partial charge in [-0.3, -0.25) is 4.90 Å². The molecule has 1 atom stereocenters. The van der Waals surface area contributed by atoms with Crippen LogP contribution >= 0.6 is 0 Å². The molecule has 3 aliphatic rings. The average molecular weight is 295 g/mol. The van der Waals surface area contributed by atoms with Gasteiger partial charge in [0.1, 0.15) is 0 Å². The van der Waals surface area contributed by atoms with Crippen LogP contribution in [0.1, 0.15) is 73.1 Å². The zero-order chi connectivity index (χ0) is 15.5. The van der Waals surface area contributed by atoms with Gasteiger partial charge in [0, 0.05) is 12.1 Å². The molecule has 0 amide bonds. The smallest absolute Gasteiger partial charge is 0.0159 e. The van der Waals surface area contributed by atoms with E-state index < -0.39 is 0 Å². The molecule has 3 fully saturated rings. The summed E-state index contributed by atoms with van der Waals surface area (Å²) in [4.78, 5) is 5.52. The van der Waals surface area contributed by atoms with Gasteiger partial charge in [-0.05, 0) is 83.5 Å². The van der Waals surface area contributed by atoms with E-state index in [0.717, 1.165) is 23.4 Å². The lowest BCUT2D eigenvalue weighted by Gasteiger charge is -2.38. The van der Waals surface area contributed by atoms with Gasteiger partial charge < -0.3 is 4.90 Å². The molecule has 0 aromatic heterocycles. The standard InChI is InChI=1S/C17H32N2.C2H6/c1-4-15-5-9-19(10-6-15)16-13-17(16)7-11-18(12-8-17)14(2)3;1-2/h14-16H,4-13H2,1-3H3;1-2H3. The van der Waals surface area contributed by atoms with Crippen LogP contribution in [0.2, 0.25) is 0 Å². The van der Waals surface area contributed by atoms with Crippen molar-refractivity contribution in [2.45, 2.75) is 85.2 Å². The Labute approximate surface area is 133 Å². The maximum Gasteiger partial charge on any atom is 0.0159 e. The second kappa shape index (κ2) is 7.46. The summed E-state index contributed by atoms with van der Waals surface area (Å²) in [6, 6.07) is 1.70. The Bertz CT molecular complexity index is 297. The first kappa shape index (κ1) is 17.3. The van der Waals surface area contributed by atoms with Crippen molar-refractivity contribution >= 4 is 0 Å². The van der Waals surface area contributed by atoms with E-state index in [-0.39, 0.29) is 0 Å². The third-order valence-electron chi connectivity index (χ3n) is 6.34. The van der Waals surface area contributed by atoms with Crippen molar-refractivity contribution in [3.05, 3.63) is 0 Å². The Morgan fingerprint density at radius 1 is 1.00 bits per heavy atom. The highest BCUT2D eigenvalue weighted by molar-refractivity contribution is 5.11. The van der Waals surface area contributed by atoms with Crippen LogP contribution in [0.15, 0.2) is 0 Å². The second-order valence-electron chi connectivity index (χ2n) is 7.60. The Hall–Kier alpha value is -0.0800. The SMILES string of the molecule is CC.CCC1CCN(C2CC23CCN(C(C)C)CC3)CC1. The molecule has 2 nitrogen and oxygen atoms in total. The van der Waals surface area contributed by atoms with Crippen molar-refractivity contribution in [1.82, 2.24) is 9.80 Å². The molecule has 21 heavy (non-hydrogen) atoms. The first-order chi connectivity index (χ1) is 10.1. The van der Waals surface area contributed by atoms with Gasteiger partial charge in [0.25, 0.3) is 0 Å². The molecular weight excluding hydrogens is 256 g/mol. The van der Waals surface area contributed by atoms with E-state index in [0.29, 0.717) is 0 Å². The van der Waals surface area contributed by atoms with Crippen LogP contribution in [-0.2, 0) is 0 Å². The fourth-order valence-electron chi connectivity index (χ4n) is 4.54. The van der Waals surface area contributed by atoms with Gasteiger partial charge in [-0.25, -0.2) is 0 Å². The molecule has 0 N–H and O–H groups in total. The molecular formula is C19H38N2. The van der Waals surface area contributed by atoms with Gasteiger partial charge in [0.15, 0.2) is 0 Å². The summed E-state index contributed by atoms with van der Waals surface area (Å²) in [6.45, 7) is 16.5. The van der Waals surface area contributed by atoms with E-state index >= 15 is 0 Å². The molecule has 0 aromatic rings. The molecule has 124 valence electrons. The lowest BCUT2D eigenvalue weighted by Crippen LogP contribution is -2.43. The molecule has 3 rings (SSSR count). The Balaban J connectivity index is 0.000000774. The number of rotatable bonds is 3. The average Bonchev–Trinajstić information content (AvgIpc) is 3.23. The zero-order valence-corrected chi connectivity index (χ0v) is 15.2. The maximum absolute atomic E-state index is 2.84. The normalized spacial score (nSPS) is 30.3. The minimum absolute atomic E-state index is 0.741. The molecule has 2 aliphatic heterocycles. The molecule has 2 heterocycles. The van der Waals surface area contributed by atoms with Crippen LogP contribution in [0.5, 0.6) is 0 Å². The third-order valence-corrected chi connectivity index (χ3v) is 6.34. The van der Waals surface area contributed by atoms with E-state index in [4.69, 9.17) is 0 Å². The van der Waals surface area contributed by atoms with Crippen molar-refractivity contribution < 1.29 is 0 Å². The van der Waals surface area contributed by atoms with E-state index in [1.165, 1.54) is 64.7 Å². The summed E-state index contributed by atoms with van der Waals surface area (Å²) in [5.41, 5.74) is 0.741. The van der Waals surface area contributed by atoms with E-state index in [1.54, 1.807) is 0 Å². The number of piperidine rings is 2. The van der Waals surface area contributed by atoms with Crippen LogP contribution in [0, 0.1) is 11.3 Å². The maximum atomic E-state index is 2.84. The molecule has 1 spiro atoms.